The summed E-state index contributed by atoms with van der Waals surface area (Å²) in [5.74, 6) is 0.962. The van der Waals surface area contributed by atoms with Crippen molar-refractivity contribution < 1.29 is 14.7 Å². The van der Waals surface area contributed by atoms with E-state index in [9.17, 15) is 4.79 Å². The molecule has 2 heterocycles. The molecule has 3 rings (SSSR count). The van der Waals surface area contributed by atoms with E-state index < -0.39 is 0 Å². The van der Waals surface area contributed by atoms with Crippen LogP contribution < -0.4 is 11.1 Å². The summed E-state index contributed by atoms with van der Waals surface area (Å²) in [5.41, 5.74) is 9.23. The number of amides is 1. The summed E-state index contributed by atoms with van der Waals surface area (Å²) >= 11 is 0. The number of hydrogen-bond acceptors (Lipinski definition) is 6. The number of hydrogen-bond donors (Lipinski definition) is 3. The van der Waals surface area contributed by atoms with Crippen molar-refractivity contribution in [2.45, 2.75) is 54.5 Å². The van der Waals surface area contributed by atoms with Gasteiger partial charge < -0.3 is 16.2 Å². The topological polar surface area (TPSA) is 135 Å². The maximum absolute atomic E-state index is 12.4. The molecule has 0 aliphatic heterocycles. The minimum absolute atomic E-state index is 0.230. The van der Waals surface area contributed by atoms with Crippen molar-refractivity contribution in [2.24, 2.45) is 10.7 Å². The summed E-state index contributed by atoms with van der Waals surface area (Å²) in [4.78, 5) is 29.4. The number of rotatable bonds is 7. The summed E-state index contributed by atoms with van der Waals surface area (Å²) in [6.07, 6.45) is 4.25. The van der Waals surface area contributed by atoms with E-state index in [-0.39, 0.29) is 12.4 Å². The van der Waals surface area contributed by atoms with Crippen LogP contribution in [0.25, 0.3) is 17.0 Å². The Kier molecular flexibility index (Phi) is 16.0. The summed E-state index contributed by atoms with van der Waals surface area (Å²) < 4.78 is 1.84. The third-order valence-corrected chi connectivity index (χ3v) is 4.26. The lowest BCUT2D eigenvalue weighted by molar-refractivity contribution is -0.122. The lowest BCUT2D eigenvalue weighted by Crippen LogP contribution is -2.12. The molecule has 0 bridgehead atoms. The fraction of sp³-hybridized carbons (Fsp3) is 0.296. The van der Waals surface area contributed by atoms with E-state index in [0.29, 0.717) is 34.2 Å². The van der Waals surface area contributed by atoms with Crippen molar-refractivity contribution in [3.8, 4) is 11.3 Å². The van der Waals surface area contributed by atoms with Crippen molar-refractivity contribution in [2.75, 3.05) is 5.32 Å². The SMILES string of the molecule is C=C(N)c1c(-c2ccc(C(=O)Nc3ccccn3)cc2)nn(CCC)c1/N=C\C.CC.CC.O=CO. The van der Waals surface area contributed by atoms with Crippen LogP contribution in [0.2, 0.25) is 0 Å². The Hall–Kier alpha value is -4.27. The lowest BCUT2D eigenvalue weighted by atomic mass is 10.0. The van der Waals surface area contributed by atoms with E-state index in [1.807, 2.05) is 57.5 Å². The average molecular weight is 495 g/mol. The van der Waals surface area contributed by atoms with Crippen LogP contribution in [0.15, 0.2) is 60.2 Å². The number of anilines is 1. The van der Waals surface area contributed by atoms with Gasteiger partial charge in [-0.15, -0.1) is 0 Å². The van der Waals surface area contributed by atoms with E-state index in [1.54, 1.807) is 36.7 Å². The zero-order valence-electron chi connectivity index (χ0n) is 22.0. The molecule has 0 aliphatic carbocycles. The van der Waals surface area contributed by atoms with Gasteiger partial charge in [0, 0.05) is 35.8 Å². The number of aromatic nitrogens is 3. The Bertz CT molecular complexity index is 1090. The monoisotopic (exact) mass is 494 g/mol. The number of nitrogens with one attached hydrogen (secondary N) is 1. The molecule has 9 heteroatoms. The average Bonchev–Trinajstić information content (AvgIpc) is 3.26. The first-order valence-electron chi connectivity index (χ1n) is 11.9. The third kappa shape index (κ3) is 9.17. The van der Waals surface area contributed by atoms with Crippen LogP contribution in [0.1, 0.15) is 63.9 Å². The van der Waals surface area contributed by atoms with Gasteiger partial charge in [-0.1, -0.05) is 59.4 Å². The Morgan fingerprint density at radius 2 is 1.78 bits per heavy atom. The number of carboxylic acid groups (broad SMARTS) is 1. The van der Waals surface area contributed by atoms with E-state index >= 15 is 0 Å². The Morgan fingerprint density at radius 3 is 2.25 bits per heavy atom. The second-order valence-electron chi connectivity index (χ2n) is 6.53. The number of aryl methyl sites for hydroxylation is 1. The maximum Gasteiger partial charge on any atom is 0.290 e. The van der Waals surface area contributed by atoms with Crippen LogP contribution in [0, 0.1) is 0 Å². The molecule has 36 heavy (non-hydrogen) atoms. The molecule has 0 atom stereocenters. The largest absolute Gasteiger partial charge is 0.483 e. The number of carbonyl (C=O) groups excluding carboxylic acids is 1. The van der Waals surface area contributed by atoms with Crippen molar-refractivity contribution in [3.63, 3.8) is 0 Å². The maximum atomic E-state index is 12.4. The van der Waals surface area contributed by atoms with Gasteiger partial charge in [-0.05, 0) is 37.6 Å². The van der Waals surface area contributed by atoms with Crippen LogP contribution in [-0.2, 0) is 11.3 Å². The standard InChI is InChI=1S/C22H24N6O.2C2H6.CH2O2/c1-4-14-28-21(24-5-2)19(15(3)23)20(27-28)16-9-11-17(12-10-16)22(29)26-18-8-6-7-13-25-18;2*1-2;2-1-3/h5-13H,3-4,14,23H2,1-2H3,(H,25,26,29);2*1-2H3;1H,(H,2,3)/b24-5-;;;. The van der Waals surface area contributed by atoms with Crippen molar-refractivity contribution in [3.05, 3.63) is 66.4 Å². The van der Waals surface area contributed by atoms with E-state index in [1.165, 1.54) is 0 Å². The highest BCUT2D eigenvalue weighted by Gasteiger charge is 2.20. The number of benzene rings is 1. The molecule has 1 aromatic carbocycles. The summed E-state index contributed by atoms with van der Waals surface area (Å²) in [6, 6.07) is 12.5. The first-order valence-corrected chi connectivity index (χ1v) is 11.9. The van der Waals surface area contributed by atoms with Crippen molar-refractivity contribution >= 4 is 35.9 Å². The highest BCUT2D eigenvalue weighted by atomic mass is 16.3. The number of pyridine rings is 1. The van der Waals surface area contributed by atoms with Crippen LogP contribution in [0.4, 0.5) is 11.6 Å². The highest BCUT2D eigenvalue weighted by Crippen LogP contribution is 2.34. The smallest absolute Gasteiger partial charge is 0.290 e. The van der Waals surface area contributed by atoms with Gasteiger partial charge in [0.1, 0.15) is 11.5 Å². The summed E-state index contributed by atoms with van der Waals surface area (Å²) in [6.45, 7) is 16.3. The molecule has 0 saturated heterocycles. The Balaban J connectivity index is 0.00000159. The van der Waals surface area contributed by atoms with Gasteiger partial charge in [-0.25, -0.2) is 14.7 Å². The van der Waals surface area contributed by atoms with Crippen molar-refractivity contribution in [1.82, 2.24) is 14.8 Å². The summed E-state index contributed by atoms with van der Waals surface area (Å²) in [7, 11) is 0. The minimum Gasteiger partial charge on any atom is -0.483 e. The molecule has 0 fully saturated rings. The molecule has 0 aliphatic rings. The van der Waals surface area contributed by atoms with Crippen LogP contribution in [0.5, 0.6) is 0 Å². The Morgan fingerprint density at radius 1 is 1.17 bits per heavy atom. The molecular weight excluding hydrogens is 456 g/mol. The minimum atomic E-state index is -0.250. The predicted molar refractivity (Wildman–Crippen MR) is 149 cm³/mol. The van der Waals surface area contributed by atoms with Gasteiger partial charge in [0.05, 0.1) is 5.56 Å². The van der Waals surface area contributed by atoms with Gasteiger partial charge in [0.25, 0.3) is 12.4 Å². The molecule has 0 saturated carbocycles. The van der Waals surface area contributed by atoms with Crippen LogP contribution in [-0.4, -0.2) is 38.5 Å². The third-order valence-electron chi connectivity index (χ3n) is 4.26. The quantitative estimate of drug-likeness (QED) is 0.272. The van der Waals surface area contributed by atoms with E-state index in [2.05, 4.69) is 28.8 Å². The zero-order valence-corrected chi connectivity index (χ0v) is 22.0. The molecule has 0 unspecified atom stereocenters. The van der Waals surface area contributed by atoms with Gasteiger partial charge in [-0.2, -0.15) is 5.10 Å². The second-order valence-corrected chi connectivity index (χ2v) is 6.53. The molecule has 194 valence electrons. The molecular formula is C27H38N6O3. The van der Waals surface area contributed by atoms with Gasteiger partial charge in [0.15, 0.2) is 5.82 Å². The number of nitrogens with two attached hydrogens (primary N) is 1. The zero-order chi connectivity index (χ0) is 27.5. The van der Waals surface area contributed by atoms with Crippen LogP contribution in [0.3, 0.4) is 0 Å². The fourth-order valence-corrected chi connectivity index (χ4v) is 2.98. The normalized spacial score (nSPS) is 9.50. The van der Waals surface area contributed by atoms with E-state index in [4.69, 9.17) is 20.7 Å². The van der Waals surface area contributed by atoms with Crippen molar-refractivity contribution in [1.29, 1.82) is 0 Å². The number of nitrogens with zero attached hydrogens (tertiary/aromatic N) is 4. The predicted octanol–water partition coefficient (Wildman–Crippen LogP) is 6.01. The first-order chi connectivity index (χ1) is 17.5. The molecule has 1 amide bonds. The highest BCUT2D eigenvalue weighted by molar-refractivity contribution is 6.04. The first kappa shape index (κ1) is 31.7. The molecule has 0 spiro atoms. The van der Waals surface area contributed by atoms with E-state index in [0.717, 1.165) is 18.5 Å². The van der Waals surface area contributed by atoms with Crippen LogP contribution >= 0.6 is 0 Å². The second kappa shape index (κ2) is 18.1. The lowest BCUT2D eigenvalue weighted by Gasteiger charge is -2.06. The van der Waals surface area contributed by atoms with Gasteiger partial charge in [0.2, 0.25) is 0 Å². The number of aliphatic imine (C=N–C) groups is 1. The molecule has 0 radical (unpaired) electrons. The molecule has 3 aromatic rings. The molecule has 2 aromatic heterocycles. The summed E-state index contributed by atoms with van der Waals surface area (Å²) in [5, 5.41) is 14.4. The molecule has 9 nitrogen and oxygen atoms in total. The molecule has 4 N–H and O–H groups in total. The van der Waals surface area contributed by atoms with Gasteiger partial charge in [-0.3, -0.25) is 9.59 Å². The Labute approximate surface area is 213 Å². The fourth-order valence-electron chi connectivity index (χ4n) is 2.98. The number of carbonyl (C=O) groups is 2. The van der Waals surface area contributed by atoms with Gasteiger partial charge >= 0.3 is 0 Å².